The Morgan fingerprint density at radius 2 is 1.65 bits per heavy atom. The van der Waals surface area contributed by atoms with E-state index in [2.05, 4.69) is 5.32 Å². The van der Waals surface area contributed by atoms with Crippen molar-refractivity contribution in [2.24, 2.45) is 0 Å². The van der Waals surface area contributed by atoms with Gasteiger partial charge in [-0.3, -0.25) is 14.9 Å². The fourth-order valence-corrected chi connectivity index (χ4v) is 4.23. The molecule has 0 aliphatic carbocycles. The van der Waals surface area contributed by atoms with Gasteiger partial charge < -0.3 is 4.74 Å². The minimum Gasteiger partial charge on any atom is -0.486 e. The molecule has 2 amide bonds. The maximum atomic E-state index is 14.3. The summed E-state index contributed by atoms with van der Waals surface area (Å²) in [5.74, 6) is -1.93. The molecule has 10 heteroatoms. The smallest absolute Gasteiger partial charge is 0.270 e. The standard InChI is InChI=1S/C24H14Cl3FN2O3S/c25-15-7-5-13(6-8-15)12-33-21-17(26)10-14(11-18(21)27)9-16-22(31)29-24(34)30(23(16)32)20-4-2-1-3-19(20)28/h1-11H,12H2,(H,29,31,34)/b16-9+. The summed E-state index contributed by atoms with van der Waals surface area (Å²) in [5.41, 5.74) is 0.884. The molecule has 3 aromatic carbocycles. The van der Waals surface area contributed by atoms with Crippen LogP contribution in [0, 0.1) is 5.82 Å². The minimum absolute atomic E-state index is 0.0783. The van der Waals surface area contributed by atoms with Gasteiger partial charge in [0.2, 0.25) is 0 Å². The highest BCUT2D eigenvalue weighted by Crippen LogP contribution is 2.36. The zero-order valence-electron chi connectivity index (χ0n) is 17.2. The van der Waals surface area contributed by atoms with E-state index in [1.165, 1.54) is 36.4 Å². The molecule has 0 spiro atoms. The van der Waals surface area contributed by atoms with Crippen LogP contribution in [0.15, 0.2) is 66.2 Å². The molecule has 5 nitrogen and oxygen atoms in total. The Morgan fingerprint density at radius 1 is 1.00 bits per heavy atom. The van der Waals surface area contributed by atoms with Crippen molar-refractivity contribution in [3.63, 3.8) is 0 Å². The molecule has 1 N–H and O–H groups in total. The minimum atomic E-state index is -0.783. The normalized spacial score (nSPS) is 15.0. The van der Waals surface area contributed by atoms with Crippen molar-refractivity contribution in [3.8, 4) is 5.75 Å². The van der Waals surface area contributed by atoms with Gasteiger partial charge in [0, 0.05) is 5.02 Å². The summed E-state index contributed by atoms with van der Waals surface area (Å²) in [4.78, 5) is 26.5. The first-order valence-electron chi connectivity index (χ1n) is 9.77. The fraction of sp³-hybridized carbons (Fsp3) is 0.0417. The molecule has 1 saturated heterocycles. The number of halogens is 4. The van der Waals surface area contributed by atoms with Crippen LogP contribution in [0.3, 0.4) is 0 Å². The number of carbonyl (C=O) groups is 2. The lowest BCUT2D eigenvalue weighted by molar-refractivity contribution is -0.122. The van der Waals surface area contributed by atoms with Crippen LogP contribution in [0.1, 0.15) is 11.1 Å². The van der Waals surface area contributed by atoms with Crippen LogP contribution in [0.5, 0.6) is 5.75 Å². The molecule has 0 bridgehead atoms. The quantitative estimate of drug-likeness (QED) is 0.240. The average Bonchev–Trinajstić information content (AvgIpc) is 2.78. The number of hydrogen-bond acceptors (Lipinski definition) is 4. The van der Waals surface area contributed by atoms with Crippen LogP contribution >= 0.6 is 47.0 Å². The molecule has 1 aliphatic heterocycles. The third-order valence-corrected chi connectivity index (χ3v) is 5.92. The molecule has 0 saturated carbocycles. The van der Waals surface area contributed by atoms with Crippen LogP contribution in [-0.4, -0.2) is 16.9 Å². The molecular weight excluding hydrogens is 522 g/mol. The molecule has 1 fully saturated rings. The van der Waals surface area contributed by atoms with Crippen molar-refractivity contribution < 1.29 is 18.7 Å². The average molecular weight is 536 g/mol. The first-order valence-corrected chi connectivity index (χ1v) is 11.3. The summed E-state index contributed by atoms with van der Waals surface area (Å²) in [5, 5.41) is 3.14. The zero-order chi connectivity index (χ0) is 24.4. The van der Waals surface area contributed by atoms with E-state index >= 15 is 0 Å². The van der Waals surface area contributed by atoms with Gasteiger partial charge in [0.1, 0.15) is 18.0 Å². The highest BCUT2D eigenvalue weighted by Gasteiger charge is 2.35. The van der Waals surface area contributed by atoms with Gasteiger partial charge in [0.15, 0.2) is 10.9 Å². The van der Waals surface area contributed by atoms with E-state index in [-0.39, 0.29) is 38.8 Å². The van der Waals surface area contributed by atoms with E-state index in [0.717, 1.165) is 10.5 Å². The number of nitrogens with one attached hydrogen (secondary N) is 1. The number of anilines is 1. The van der Waals surface area contributed by atoms with Crippen molar-refractivity contribution in [2.45, 2.75) is 6.61 Å². The number of rotatable bonds is 5. The second-order valence-corrected chi connectivity index (χ2v) is 8.78. The number of para-hydroxylation sites is 1. The van der Waals surface area contributed by atoms with Crippen LogP contribution < -0.4 is 15.0 Å². The van der Waals surface area contributed by atoms with E-state index in [9.17, 15) is 14.0 Å². The Morgan fingerprint density at radius 3 is 2.29 bits per heavy atom. The van der Waals surface area contributed by atoms with Crippen molar-refractivity contribution in [2.75, 3.05) is 4.90 Å². The number of hydrogen-bond donors (Lipinski definition) is 1. The Hall–Kier alpha value is -2.97. The van der Waals surface area contributed by atoms with Crippen LogP contribution in [0.2, 0.25) is 15.1 Å². The van der Waals surface area contributed by atoms with E-state index < -0.39 is 17.6 Å². The maximum Gasteiger partial charge on any atom is 0.270 e. The summed E-state index contributed by atoms with van der Waals surface area (Å²) < 4.78 is 20.0. The molecule has 1 heterocycles. The summed E-state index contributed by atoms with van der Waals surface area (Å²) >= 11 is 23.7. The van der Waals surface area contributed by atoms with Gasteiger partial charge in [0.25, 0.3) is 11.8 Å². The van der Waals surface area contributed by atoms with Gasteiger partial charge in [-0.2, -0.15) is 0 Å². The van der Waals surface area contributed by atoms with Crippen molar-refractivity contribution in [1.29, 1.82) is 0 Å². The van der Waals surface area contributed by atoms with E-state index in [4.69, 9.17) is 51.8 Å². The molecule has 4 rings (SSSR count). The first kappa shape index (κ1) is 24.2. The largest absolute Gasteiger partial charge is 0.486 e. The van der Waals surface area contributed by atoms with E-state index in [1.54, 1.807) is 18.2 Å². The summed E-state index contributed by atoms with van der Waals surface area (Å²) in [6.07, 6.45) is 1.30. The van der Waals surface area contributed by atoms with Crippen molar-refractivity contribution in [3.05, 3.63) is 98.2 Å². The predicted molar refractivity (Wildman–Crippen MR) is 135 cm³/mol. The highest BCUT2D eigenvalue weighted by molar-refractivity contribution is 7.80. The Kier molecular flexibility index (Phi) is 7.19. The predicted octanol–water partition coefficient (Wildman–Crippen LogP) is 6.20. The van der Waals surface area contributed by atoms with E-state index in [0.29, 0.717) is 10.6 Å². The van der Waals surface area contributed by atoms with Crippen LogP contribution in [-0.2, 0) is 16.2 Å². The van der Waals surface area contributed by atoms with Crippen molar-refractivity contribution in [1.82, 2.24) is 5.32 Å². The number of ether oxygens (including phenoxy) is 1. The summed E-state index contributed by atoms with van der Waals surface area (Å²) in [7, 11) is 0. The molecule has 0 unspecified atom stereocenters. The zero-order valence-corrected chi connectivity index (χ0v) is 20.2. The lowest BCUT2D eigenvalue weighted by Crippen LogP contribution is -2.54. The van der Waals surface area contributed by atoms with Gasteiger partial charge in [-0.15, -0.1) is 0 Å². The SMILES string of the molecule is O=C1NC(=S)N(c2ccccc2F)C(=O)/C1=C/c1cc(Cl)c(OCc2ccc(Cl)cc2)c(Cl)c1. The Balaban J connectivity index is 1.61. The van der Waals surface area contributed by atoms with Crippen LogP contribution in [0.25, 0.3) is 6.08 Å². The first-order chi connectivity index (χ1) is 16.2. The van der Waals surface area contributed by atoms with Crippen molar-refractivity contribution >= 4 is 75.7 Å². The second kappa shape index (κ2) is 10.1. The van der Waals surface area contributed by atoms with Gasteiger partial charge in [-0.1, -0.05) is 59.1 Å². The Bertz CT molecular complexity index is 1320. The van der Waals surface area contributed by atoms with Gasteiger partial charge in [-0.25, -0.2) is 9.29 Å². The number of benzene rings is 3. The van der Waals surface area contributed by atoms with Crippen LogP contribution in [0.4, 0.5) is 10.1 Å². The molecule has 172 valence electrons. The number of nitrogens with zero attached hydrogens (tertiary/aromatic N) is 1. The molecule has 1 aliphatic rings. The fourth-order valence-electron chi connectivity index (χ4n) is 3.21. The molecular formula is C24H14Cl3FN2O3S. The molecule has 0 radical (unpaired) electrons. The Labute approximate surface area is 214 Å². The third-order valence-electron chi connectivity index (χ3n) is 4.82. The van der Waals surface area contributed by atoms with Gasteiger partial charge in [-0.05, 0) is 65.8 Å². The lowest BCUT2D eigenvalue weighted by Gasteiger charge is -2.29. The van der Waals surface area contributed by atoms with Gasteiger partial charge in [0.05, 0.1) is 15.7 Å². The molecule has 3 aromatic rings. The summed E-state index contributed by atoms with van der Waals surface area (Å²) in [6, 6.07) is 15.7. The molecule has 34 heavy (non-hydrogen) atoms. The molecule has 0 aromatic heterocycles. The number of amides is 2. The third kappa shape index (κ3) is 5.08. The monoisotopic (exact) mass is 534 g/mol. The van der Waals surface area contributed by atoms with E-state index in [1.807, 2.05) is 12.1 Å². The topological polar surface area (TPSA) is 58.6 Å². The molecule has 0 atom stereocenters. The number of thiocarbonyl (C=S) groups is 1. The second-order valence-electron chi connectivity index (χ2n) is 7.14. The number of carbonyl (C=O) groups excluding carboxylic acids is 2. The summed E-state index contributed by atoms with van der Waals surface area (Å²) in [6.45, 7) is 0.201. The van der Waals surface area contributed by atoms with Gasteiger partial charge >= 0.3 is 0 Å². The maximum absolute atomic E-state index is 14.3. The lowest BCUT2D eigenvalue weighted by atomic mass is 10.1. The highest BCUT2D eigenvalue weighted by atomic mass is 35.5.